The van der Waals surface area contributed by atoms with Crippen LogP contribution in [0.3, 0.4) is 0 Å². The molecule has 2 aromatic rings. The predicted molar refractivity (Wildman–Crippen MR) is 86.0 cm³/mol. The summed E-state index contributed by atoms with van der Waals surface area (Å²) >= 11 is 3.42. The lowest BCUT2D eigenvalue weighted by atomic mass is 10.1. The zero-order valence-corrected chi connectivity index (χ0v) is 13.4. The zero-order chi connectivity index (χ0) is 14.9. The number of aryl methyl sites for hydroxylation is 2. The summed E-state index contributed by atoms with van der Waals surface area (Å²) < 4.78 is 6.28. The number of benzene rings is 1. The molecule has 0 aliphatic carbocycles. The van der Waals surface area contributed by atoms with Crippen molar-refractivity contribution in [3.8, 4) is 0 Å². The molecule has 0 amide bonds. The first-order chi connectivity index (χ1) is 10.2. The number of esters is 1. The molecule has 0 N–H and O–H groups in total. The highest BCUT2D eigenvalue weighted by molar-refractivity contribution is 9.10. The molecule has 4 heteroatoms. The number of ether oxygens (including phenoxy) is 1. The van der Waals surface area contributed by atoms with Crippen molar-refractivity contribution in [3.63, 3.8) is 0 Å². The van der Waals surface area contributed by atoms with Gasteiger partial charge in [-0.1, -0.05) is 28.1 Å². The Balaban J connectivity index is 1.62. The maximum absolute atomic E-state index is 11.7. The highest BCUT2D eigenvalue weighted by atomic mass is 79.9. The second kappa shape index (κ2) is 8.57. The van der Waals surface area contributed by atoms with Crippen LogP contribution in [0.1, 0.15) is 24.0 Å². The third-order valence-corrected chi connectivity index (χ3v) is 3.62. The number of hydrogen-bond donors (Lipinski definition) is 0. The molecule has 1 heterocycles. The molecule has 0 atom stereocenters. The van der Waals surface area contributed by atoms with Crippen LogP contribution in [0.25, 0.3) is 0 Å². The van der Waals surface area contributed by atoms with Crippen LogP contribution >= 0.6 is 15.9 Å². The zero-order valence-electron chi connectivity index (χ0n) is 11.8. The Hall–Kier alpha value is -1.68. The largest absolute Gasteiger partial charge is 0.466 e. The standard InChI is InChI=1S/C17H18BrNO2/c18-16-5-1-3-15(13-16)6-7-17(20)21-12-2-4-14-8-10-19-11-9-14/h1,3,5,8-11,13H,2,4,6-7,12H2. The van der Waals surface area contributed by atoms with Gasteiger partial charge in [-0.05, 0) is 54.7 Å². The second-order valence-electron chi connectivity index (χ2n) is 4.81. The van der Waals surface area contributed by atoms with Crippen LogP contribution in [0, 0.1) is 0 Å². The Bertz CT molecular complexity index is 572. The quantitative estimate of drug-likeness (QED) is 0.562. The van der Waals surface area contributed by atoms with Crippen LogP contribution in [-0.2, 0) is 22.4 Å². The Kier molecular flexibility index (Phi) is 6.41. The molecule has 0 aliphatic rings. The van der Waals surface area contributed by atoms with Gasteiger partial charge in [-0.15, -0.1) is 0 Å². The maximum atomic E-state index is 11.7. The van der Waals surface area contributed by atoms with Gasteiger partial charge in [0.25, 0.3) is 0 Å². The van der Waals surface area contributed by atoms with Crippen molar-refractivity contribution < 1.29 is 9.53 Å². The third-order valence-electron chi connectivity index (χ3n) is 3.13. The highest BCUT2D eigenvalue weighted by Crippen LogP contribution is 2.13. The monoisotopic (exact) mass is 347 g/mol. The van der Waals surface area contributed by atoms with Crippen molar-refractivity contribution in [3.05, 3.63) is 64.4 Å². The van der Waals surface area contributed by atoms with Gasteiger partial charge in [-0.2, -0.15) is 0 Å². The molecular formula is C17H18BrNO2. The second-order valence-corrected chi connectivity index (χ2v) is 5.73. The minimum atomic E-state index is -0.135. The number of nitrogens with zero attached hydrogens (tertiary/aromatic N) is 1. The van der Waals surface area contributed by atoms with Crippen molar-refractivity contribution in [1.82, 2.24) is 4.98 Å². The summed E-state index contributed by atoms with van der Waals surface area (Å²) in [7, 11) is 0. The first kappa shape index (κ1) is 15.7. The molecule has 0 unspecified atom stereocenters. The fraction of sp³-hybridized carbons (Fsp3) is 0.294. The lowest BCUT2D eigenvalue weighted by molar-refractivity contribution is -0.143. The van der Waals surface area contributed by atoms with E-state index in [-0.39, 0.29) is 5.97 Å². The number of hydrogen-bond acceptors (Lipinski definition) is 3. The topological polar surface area (TPSA) is 39.2 Å². The summed E-state index contributed by atoms with van der Waals surface area (Å²) in [6, 6.07) is 11.9. The van der Waals surface area contributed by atoms with Crippen LogP contribution in [0.5, 0.6) is 0 Å². The lowest BCUT2D eigenvalue weighted by Crippen LogP contribution is -2.07. The molecular weight excluding hydrogens is 330 g/mol. The van der Waals surface area contributed by atoms with Crippen LogP contribution in [-0.4, -0.2) is 17.6 Å². The molecule has 0 saturated carbocycles. The van der Waals surface area contributed by atoms with Crippen molar-refractivity contribution in [2.24, 2.45) is 0 Å². The predicted octanol–water partition coefficient (Wildman–Crippen LogP) is 3.95. The molecule has 110 valence electrons. The van der Waals surface area contributed by atoms with E-state index in [0.29, 0.717) is 19.4 Å². The maximum Gasteiger partial charge on any atom is 0.306 e. The fourth-order valence-corrected chi connectivity index (χ4v) is 2.47. The molecule has 2 rings (SSSR count). The summed E-state index contributed by atoms with van der Waals surface area (Å²) in [6.07, 6.45) is 6.43. The summed E-state index contributed by atoms with van der Waals surface area (Å²) in [6.45, 7) is 0.472. The number of carbonyl (C=O) groups is 1. The van der Waals surface area contributed by atoms with Gasteiger partial charge in [0.2, 0.25) is 0 Å². The minimum Gasteiger partial charge on any atom is -0.466 e. The molecule has 0 spiro atoms. The van der Waals surface area contributed by atoms with Gasteiger partial charge in [-0.25, -0.2) is 0 Å². The Labute approximate surface area is 133 Å². The Morgan fingerprint density at radius 1 is 1.10 bits per heavy atom. The van der Waals surface area contributed by atoms with Gasteiger partial charge in [0.05, 0.1) is 6.61 Å². The van der Waals surface area contributed by atoms with Gasteiger partial charge >= 0.3 is 5.97 Å². The van der Waals surface area contributed by atoms with Gasteiger partial charge in [0.1, 0.15) is 0 Å². The van der Waals surface area contributed by atoms with E-state index >= 15 is 0 Å². The lowest BCUT2D eigenvalue weighted by Gasteiger charge is -2.05. The molecule has 1 aromatic carbocycles. The van der Waals surface area contributed by atoms with Gasteiger partial charge < -0.3 is 4.74 Å². The van der Waals surface area contributed by atoms with Crippen LogP contribution in [0.4, 0.5) is 0 Å². The molecule has 21 heavy (non-hydrogen) atoms. The summed E-state index contributed by atoms with van der Waals surface area (Å²) in [5, 5.41) is 0. The molecule has 0 aliphatic heterocycles. The van der Waals surface area contributed by atoms with Crippen molar-refractivity contribution in [2.45, 2.75) is 25.7 Å². The highest BCUT2D eigenvalue weighted by Gasteiger charge is 2.04. The average Bonchev–Trinajstić information content (AvgIpc) is 2.51. The molecule has 1 aromatic heterocycles. The van der Waals surface area contributed by atoms with Crippen molar-refractivity contribution in [2.75, 3.05) is 6.61 Å². The van der Waals surface area contributed by atoms with E-state index < -0.39 is 0 Å². The fourth-order valence-electron chi connectivity index (χ4n) is 2.02. The molecule has 0 fully saturated rings. The number of rotatable bonds is 7. The number of carbonyl (C=O) groups excluding carboxylic acids is 1. The molecule has 0 saturated heterocycles. The van der Waals surface area contributed by atoms with Gasteiger partial charge in [0.15, 0.2) is 0 Å². The molecule has 0 radical (unpaired) electrons. The van der Waals surface area contributed by atoms with Crippen molar-refractivity contribution >= 4 is 21.9 Å². The van der Waals surface area contributed by atoms with E-state index in [2.05, 4.69) is 20.9 Å². The summed E-state index contributed by atoms with van der Waals surface area (Å²) in [5.74, 6) is -0.135. The minimum absolute atomic E-state index is 0.135. The van der Waals surface area contributed by atoms with Gasteiger partial charge in [-0.3, -0.25) is 9.78 Å². The van der Waals surface area contributed by atoms with Crippen LogP contribution < -0.4 is 0 Å². The van der Waals surface area contributed by atoms with E-state index in [1.807, 2.05) is 36.4 Å². The van der Waals surface area contributed by atoms with E-state index in [4.69, 9.17) is 4.74 Å². The molecule has 0 bridgehead atoms. The summed E-state index contributed by atoms with van der Waals surface area (Å²) in [4.78, 5) is 15.6. The van der Waals surface area contributed by atoms with E-state index in [0.717, 1.165) is 22.9 Å². The van der Waals surface area contributed by atoms with Crippen molar-refractivity contribution in [1.29, 1.82) is 0 Å². The SMILES string of the molecule is O=C(CCc1cccc(Br)c1)OCCCc1ccncc1. The smallest absolute Gasteiger partial charge is 0.306 e. The van der Waals surface area contributed by atoms with Crippen LogP contribution in [0.15, 0.2) is 53.3 Å². The Morgan fingerprint density at radius 3 is 2.67 bits per heavy atom. The van der Waals surface area contributed by atoms with Gasteiger partial charge in [0, 0.05) is 23.3 Å². The van der Waals surface area contributed by atoms with E-state index in [1.54, 1.807) is 12.4 Å². The third kappa shape index (κ3) is 6.08. The number of pyridine rings is 1. The normalized spacial score (nSPS) is 10.3. The number of halogens is 1. The first-order valence-corrected chi connectivity index (χ1v) is 7.82. The summed E-state index contributed by atoms with van der Waals surface area (Å²) in [5.41, 5.74) is 2.35. The van der Waals surface area contributed by atoms with Crippen LogP contribution in [0.2, 0.25) is 0 Å². The van der Waals surface area contributed by atoms with E-state index in [9.17, 15) is 4.79 Å². The van der Waals surface area contributed by atoms with E-state index in [1.165, 1.54) is 5.56 Å². The Morgan fingerprint density at radius 2 is 1.90 bits per heavy atom. The first-order valence-electron chi connectivity index (χ1n) is 7.03. The number of aromatic nitrogens is 1. The molecule has 3 nitrogen and oxygen atoms in total. The average molecular weight is 348 g/mol.